The summed E-state index contributed by atoms with van der Waals surface area (Å²) in [5, 5.41) is 12.0. The van der Waals surface area contributed by atoms with Crippen LogP contribution < -0.4 is 5.73 Å². The molecule has 0 aromatic carbocycles. The average molecular weight is 428 g/mol. The third-order valence-electron chi connectivity index (χ3n) is 4.20. The summed E-state index contributed by atoms with van der Waals surface area (Å²) in [6.45, 7) is 1.40. The van der Waals surface area contributed by atoms with Gasteiger partial charge in [0.1, 0.15) is 34.7 Å². The van der Waals surface area contributed by atoms with Crippen molar-refractivity contribution in [2.45, 2.75) is 31.8 Å². The van der Waals surface area contributed by atoms with Gasteiger partial charge in [0.05, 0.1) is 12.9 Å². The maximum atomic E-state index is 11.2. The highest BCUT2D eigenvalue weighted by Crippen LogP contribution is 2.44. The van der Waals surface area contributed by atoms with E-state index in [0.717, 1.165) is 5.69 Å². The van der Waals surface area contributed by atoms with Crippen molar-refractivity contribution in [1.82, 2.24) is 24.5 Å². The molecule has 0 radical (unpaired) electrons. The number of imidazole rings is 1. The van der Waals surface area contributed by atoms with Crippen molar-refractivity contribution in [2.24, 2.45) is 0 Å². The van der Waals surface area contributed by atoms with Gasteiger partial charge in [-0.05, 0) is 6.92 Å². The molecule has 12 nitrogen and oxygen atoms in total. The predicted molar refractivity (Wildman–Crippen MR) is 98.1 cm³/mol. The minimum Gasteiger partial charge on any atom is -0.394 e. The van der Waals surface area contributed by atoms with Gasteiger partial charge in [-0.15, -0.1) is 11.3 Å². The number of ether oxygens (including phenoxy) is 1. The van der Waals surface area contributed by atoms with Crippen LogP contribution in [0.4, 0.5) is 5.95 Å². The number of hydrogen-bond acceptors (Lipinski definition) is 10. The van der Waals surface area contributed by atoms with Crippen LogP contribution in [0.25, 0.3) is 21.9 Å². The molecule has 0 spiro atoms. The predicted octanol–water partition coefficient (Wildman–Crippen LogP) is 0.598. The second-order valence-corrected chi connectivity index (χ2v) is 8.28. The SMILES string of the molecule is Cc1csc(-c2nc(N)nc3c2ncn3[C@H]2C[C@H](OP(=O)(O)O)[C@@H](CO)O2)n1. The minimum atomic E-state index is -4.74. The number of rotatable bonds is 5. The fourth-order valence-corrected chi connectivity index (χ4v) is 4.44. The zero-order valence-electron chi connectivity index (χ0n) is 14.5. The second-order valence-electron chi connectivity index (χ2n) is 6.23. The molecule has 4 rings (SSSR count). The Balaban J connectivity index is 1.72. The van der Waals surface area contributed by atoms with Crippen LogP contribution in [0.2, 0.25) is 0 Å². The molecule has 4 heterocycles. The smallest absolute Gasteiger partial charge is 0.394 e. The quantitative estimate of drug-likeness (QED) is 0.418. The monoisotopic (exact) mass is 428 g/mol. The molecule has 1 fully saturated rings. The molecule has 1 aliphatic rings. The van der Waals surface area contributed by atoms with Gasteiger partial charge in [0.15, 0.2) is 5.65 Å². The Hall–Kier alpha value is -1.99. The summed E-state index contributed by atoms with van der Waals surface area (Å²) in [5.41, 5.74) is 8.04. The van der Waals surface area contributed by atoms with E-state index in [9.17, 15) is 9.67 Å². The van der Waals surface area contributed by atoms with Crippen LogP contribution in [0, 0.1) is 6.92 Å². The van der Waals surface area contributed by atoms with E-state index in [1.165, 1.54) is 17.7 Å². The van der Waals surface area contributed by atoms with E-state index >= 15 is 0 Å². The number of phosphoric ester groups is 1. The third kappa shape index (κ3) is 3.65. The molecule has 0 aliphatic carbocycles. The Bertz CT molecular complexity index is 1070. The van der Waals surface area contributed by atoms with E-state index < -0.39 is 32.9 Å². The summed E-state index contributed by atoms with van der Waals surface area (Å²) >= 11 is 1.40. The highest BCUT2D eigenvalue weighted by molar-refractivity contribution is 7.46. The third-order valence-corrected chi connectivity index (χ3v) is 5.72. The zero-order chi connectivity index (χ0) is 20.1. The Kier molecular flexibility index (Phi) is 4.91. The number of aliphatic hydroxyl groups is 1. The van der Waals surface area contributed by atoms with Gasteiger partial charge in [-0.3, -0.25) is 9.09 Å². The fraction of sp³-hybridized carbons (Fsp3) is 0.429. The molecule has 3 aromatic rings. The number of thiazole rings is 1. The first-order valence-electron chi connectivity index (χ1n) is 8.18. The first-order chi connectivity index (χ1) is 13.2. The lowest BCUT2D eigenvalue weighted by Crippen LogP contribution is -2.26. The van der Waals surface area contributed by atoms with Gasteiger partial charge in [0.25, 0.3) is 0 Å². The first-order valence-corrected chi connectivity index (χ1v) is 10.6. The number of phosphoric acid groups is 1. The van der Waals surface area contributed by atoms with Crippen molar-refractivity contribution in [3.63, 3.8) is 0 Å². The van der Waals surface area contributed by atoms with Crippen LogP contribution in [0.1, 0.15) is 18.3 Å². The van der Waals surface area contributed by atoms with Gasteiger partial charge in [-0.2, -0.15) is 4.98 Å². The van der Waals surface area contributed by atoms with Crippen LogP contribution in [0.5, 0.6) is 0 Å². The van der Waals surface area contributed by atoms with Crippen LogP contribution in [-0.4, -0.2) is 58.2 Å². The van der Waals surface area contributed by atoms with Gasteiger partial charge in [0.2, 0.25) is 5.95 Å². The highest BCUT2D eigenvalue weighted by Gasteiger charge is 2.41. The summed E-state index contributed by atoms with van der Waals surface area (Å²) in [6.07, 6.45) is -1.05. The number of nitrogen functional groups attached to an aromatic ring is 1. The van der Waals surface area contributed by atoms with Gasteiger partial charge in [-0.25, -0.2) is 19.5 Å². The maximum Gasteiger partial charge on any atom is 0.469 e. The average Bonchev–Trinajstić information content (AvgIpc) is 3.30. The number of nitrogens with zero attached hydrogens (tertiary/aromatic N) is 5. The number of anilines is 1. The van der Waals surface area contributed by atoms with Crippen LogP contribution in [0.3, 0.4) is 0 Å². The van der Waals surface area contributed by atoms with E-state index in [-0.39, 0.29) is 12.4 Å². The maximum absolute atomic E-state index is 11.2. The van der Waals surface area contributed by atoms with Crippen LogP contribution >= 0.6 is 19.2 Å². The summed E-state index contributed by atoms with van der Waals surface area (Å²) in [5.74, 6) is 0.0248. The lowest BCUT2D eigenvalue weighted by Gasteiger charge is -2.16. The molecule has 1 saturated heterocycles. The summed E-state index contributed by atoms with van der Waals surface area (Å²) in [4.78, 5) is 35.4. The van der Waals surface area contributed by atoms with Gasteiger partial charge < -0.3 is 25.4 Å². The molecular formula is C14H17N6O6PS. The summed E-state index contributed by atoms with van der Waals surface area (Å²) in [6, 6.07) is 0. The van der Waals surface area contributed by atoms with Crippen molar-refractivity contribution < 1.29 is 28.7 Å². The molecule has 14 heteroatoms. The largest absolute Gasteiger partial charge is 0.469 e. The van der Waals surface area contributed by atoms with Crippen molar-refractivity contribution in [3.05, 3.63) is 17.4 Å². The van der Waals surface area contributed by atoms with E-state index in [2.05, 4.69) is 19.9 Å². The van der Waals surface area contributed by atoms with Crippen molar-refractivity contribution in [2.75, 3.05) is 12.3 Å². The van der Waals surface area contributed by atoms with Crippen molar-refractivity contribution in [1.29, 1.82) is 0 Å². The molecule has 0 amide bonds. The van der Waals surface area contributed by atoms with Crippen LogP contribution in [-0.2, 0) is 13.8 Å². The van der Waals surface area contributed by atoms with E-state index in [4.69, 9.17) is 24.8 Å². The van der Waals surface area contributed by atoms with Gasteiger partial charge in [0, 0.05) is 17.5 Å². The lowest BCUT2D eigenvalue weighted by atomic mass is 10.2. The standard InChI is InChI=1S/C14H17N6O6PS/c1-6-4-28-13(17-6)11-10-12(19-14(15)18-11)20(5-16-10)9-2-7(8(3-21)25-9)26-27(22,23)24/h4-5,7-9,21H,2-3H2,1H3,(H2,15,18,19)(H2,22,23,24)/t7-,8+,9+/m0/s1. The zero-order valence-corrected chi connectivity index (χ0v) is 16.2. The van der Waals surface area contributed by atoms with Gasteiger partial charge >= 0.3 is 7.82 Å². The Morgan fingerprint density at radius 2 is 2.21 bits per heavy atom. The molecule has 1 aliphatic heterocycles. The van der Waals surface area contributed by atoms with E-state index in [1.54, 1.807) is 4.57 Å². The molecule has 5 N–H and O–H groups in total. The summed E-state index contributed by atoms with van der Waals surface area (Å²) in [7, 11) is -4.74. The number of aromatic nitrogens is 5. The van der Waals surface area contributed by atoms with E-state index in [1.807, 2.05) is 12.3 Å². The Morgan fingerprint density at radius 1 is 1.43 bits per heavy atom. The number of nitrogens with two attached hydrogens (primary N) is 1. The Morgan fingerprint density at radius 3 is 2.86 bits per heavy atom. The lowest BCUT2D eigenvalue weighted by molar-refractivity contribution is -0.0425. The number of fused-ring (bicyclic) bond motifs is 1. The molecule has 0 bridgehead atoms. The number of hydrogen-bond donors (Lipinski definition) is 4. The molecule has 150 valence electrons. The molecule has 0 unspecified atom stereocenters. The molecule has 28 heavy (non-hydrogen) atoms. The van der Waals surface area contributed by atoms with Crippen molar-refractivity contribution in [3.8, 4) is 10.7 Å². The van der Waals surface area contributed by atoms with E-state index in [0.29, 0.717) is 21.9 Å². The fourth-order valence-electron chi connectivity index (χ4n) is 3.08. The summed E-state index contributed by atoms with van der Waals surface area (Å²) < 4.78 is 23.2. The topological polar surface area (TPSA) is 179 Å². The molecule has 3 atom stereocenters. The molecule has 0 saturated carbocycles. The van der Waals surface area contributed by atoms with Gasteiger partial charge in [-0.1, -0.05) is 0 Å². The second kappa shape index (κ2) is 7.12. The first kappa shape index (κ1) is 19.3. The molecular weight excluding hydrogens is 411 g/mol. The highest BCUT2D eigenvalue weighted by atomic mass is 32.1. The number of aliphatic hydroxyl groups excluding tert-OH is 1. The van der Waals surface area contributed by atoms with Crippen LogP contribution in [0.15, 0.2) is 11.7 Å². The normalized spacial score (nSPS) is 22.9. The minimum absolute atomic E-state index is 0.0248. The van der Waals surface area contributed by atoms with Crippen molar-refractivity contribution >= 4 is 36.3 Å². The number of aryl methyl sites for hydroxylation is 1. The Labute approximate surface area is 162 Å². The molecule has 3 aromatic heterocycles.